The van der Waals surface area contributed by atoms with Crippen LogP contribution in [0.2, 0.25) is 0 Å². The van der Waals surface area contributed by atoms with Gasteiger partial charge in [0.15, 0.2) is 10.6 Å². The molecule has 94 valence electrons. The van der Waals surface area contributed by atoms with Crippen molar-refractivity contribution in [2.75, 3.05) is 6.61 Å². The second kappa shape index (κ2) is 4.99. The third-order valence-corrected chi connectivity index (χ3v) is 3.37. The van der Waals surface area contributed by atoms with Crippen molar-refractivity contribution in [1.29, 1.82) is 0 Å². The molecule has 6 heteroatoms. The van der Waals surface area contributed by atoms with Crippen LogP contribution in [0.25, 0.3) is 11.5 Å². The fraction of sp³-hybridized carbons (Fsp3) is 0.417. The van der Waals surface area contributed by atoms with Crippen LogP contribution in [0.3, 0.4) is 0 Å². The average molecular weight is 262 g/mol. The number of ether oxygens (including phenoxy) is 1. The van der Waals surface area contributed by atoms with Crippen LogP contribution >= 0.6 is 12.2 Å². The van der Waals surface area contributed by atoms with E-state index in [1.165, 1.54) is 0 Å². The normalized spacial score (nSPS) is 19.2. The van der Waals surface area contributed by atoms with Crippen LogP contribution in [0, 0.1) is 4.77 Å². The van der Waals surface area contributed by atoms with Crippen molar-refractivity contribution in [3.8, 4) is 11.5 Å². The molecule has 0 saturated carbocycles. The molecule has 0 aromatic carbocycles. The van der Waals surface area contributed by atoms with Gasteiger partial charge in [-0.2, -0.15) is 5.10 Å². The van der Waals surface area contributed by atoms with Crippen molar-refractivity contribution in [1.82, 2.24) is 19.7 Å². The van der Waals surface area contributed by atoms with Gasteiger partial charge < -0.3 is 4.74 Å². The number of nitrogens with zero attached hydrogens (tertiary/aromatic N) is 3. The zero-order valence-corrected chi connectivity index (χ0v) is 10.7. The first-order chi connectivity index (χ1) is 8.84. The van der Waals surface area contributed by atoms with Crippen LogP contribution < -0.4 is 0 Å². The third kappa shape index (κ3) is 2.21. The molecule has 1 fully saturated rings. The molecule has 0 radical (unpaired) electrons. The zero-order chi connectivity index (χ0) is 12.4. The Morgan fingerprint density at radius 1 is 1.50 bits per heavy atom. The van der Waals surface area contributed by atoms with E-state index in [4.69, 9.17) is 17.0 Å². The smallest absolute Gasteiger partial charge is 0.195 e. The molecule has 0 bridgehead atoms. The van der Waals surface area contributed by atoms with Gasteiger partial charge in [0.1, 0.15) is 5.69 Å². The fourth-order valence-corrected chi connectivity index (χ4v) is 2.38. The van der Waals surface area contributed by atoms with Crippen LogP contribution in [-0.2, 0) is 11.3 Å². The first kappa shape index (κ1) is 11.6. The molecule has 2 aromatic heterocycles. The molecule has 1 aliphatic rings. The topological polar surface area (TPSA) is 55.7 Å². The number of nitrogens with one attached hydrogen (secondary N) is 1. The van der Waals surface area contributed by atoms with E-state index in [-0.39, 0.29) is 6.10 Å². The Labute approximate surface area is 110 Å². The van der Waals surface area contributed by atoms with Gasteiger partial charge >= 0.3 is 0 Å². The number of pyridine rings is 1. The van der Waals surface area contributed by atoms with Crippen molar-refractivity contribution in [2.45, 2.75) is 25.5 Å². The minimum atomic E-state index is 0.233. The van der Waals surface area contributed by atoms with E-state index in [9.17, 15) is 0 Å². The van der Waals surface area contributed by atoms with Crippen LogP contribution in [0.5, 0.6) is 0 Å². The SMILES string of the molecule is S=c1[nH]nc(-c2ccccn2)n1CC1CCCO1. The van der Waals surface area contributed by atoms with E-state index in [1.54, 1.807) is 6.20 Å². The van der Waals surface area contributed by atoms with Crippen LogP contribution in [-0.4, -0.2) is 32.5 Å². The van der Waals surface area contributed by atoms with E-state index in [1.807, 2.05) is 22.8 Å². The molecule has 1 saturated heterocycles. The summed E-state index contributed by atoms with van der Waals surface area (Å²) >= 11 is 5.27. The molecule has 2 aromatic rings. The second-order valence-electron chi connectivity index (χ2n) is 4.31. The lowest BCUT2D eigenvalue weighted by atomic mass is 10.2. The van der Waals surface area contributed by atoms with Gasteiger partial charge in [0.2, 0.25) is 0 Å². The molecule has 18 heavy (non-hydrogen) atoms. The van der Waals surface area contributed by atoms with E-state index in [0.717, 1.165) is 37.5 Å². The highest BCUT2D eigenvalue weighted by Gasteiger charge is 2.19. The van der Waals surface area contributed by atoms with Gasteiger partial charge in [-0.25, -0.2) is 0 Å². The zero-order valence-electron chi connectivity index (χ0n) is 9.87. The van der Waals surface area contributed by atoms with Gasteiger partial charge in [-0.3, -0.25) is 14.6 Å². The number of rotatable bonds is 3. The lowest BCUT2D eigenvalue weighted by Gasteiger charge is -2.11. The Hall–Kier alpha value is -1.53. The van der Waals surface area contributed by atoms with E-state index >= 15 is 0 Å². The molecule has 1 aliphatic heterocycles. The third-order valence-electron chi connectivity index (χ3n) is 3.06. The largest absolute Gasteiger partial charge is 0.376 e. The van der Waals surface area contributed by atoms with Gasteiger partial charge in [0, 0.05) is 12.8 Å². The average Bonchev–Trinajstić information content (AvgIpc) is 3.03. The Kier molecular flexibility index (Phi) is 3.21. The first-order valence-corrected chi connectivity index (χ1v) is 6.43. The molecular weight excluding hydrogens is 248 g/mol. The Morgan fingerprint density at radius 3 is 3.17 bits per heavy atom. The Bertz CT molecular complexity index is 571. The van der Waals surface area contributed by atoms with Crippen LogP contribution in [0.4, 0.5) is 0 Å². The van der Waals surface area contributed by atoms with Crippen LogP contribution in [0.1, 0.15) is 12.8 Å². The van der Waals surface area contributed by atoms with Crippen LogP contribution in [0.15, 0.2) is 24.4 Å². The number of aromatic amines is 1. The van der Waals surface area contributed by atoms with Crippen molar-refractivity contribution < 1.29 is 4.74 Å². The highest BCUT2D eigenvalue weighted by Crippen LogP contribution is 2.19. The summed E-state index contributed by atoms with van der Waals surface area (Å²) in [5, 5.41) is 7.09. The summed E-state index contributed by atoms with van der Waals surface area (Å²) in [6, 6.07) is 5.75. The lowest BCUT2D eigenvalue weighted by Crippen LogP contribution is -2.16. The maximum atomic E-state index is 5.64. The number of hydrogen-bond donors (Lipinski definition) is 1. The number of aromatic nitrogens is 4. The highest BCUT2D eigenvalue weighted by molar-refractivity contribution is 7.71. The Morgan fingerprint density at radius 2 is 2.44 bits per heavy atom. The maximum absolute atomic E-state index is 5.64. The van der Waals surface area contributed by atoms with Gasteiger partial charge in [-0.1, -0.05) is 6.07 Å². The molecule has 0 amide bonds. The minimum Gasteiger partial charge on any atom is -0.376 e. The fourth-order valence-electron chi connectivity index (χ4n) is 2.17. The first-order valence-electron chi connectivity index (χ1n) is 6.03. The molecule has 3 rings (SSSR count). The highest BCUT2D eigenvalue weighted by atomic mass is 32.1. The van der Waals surface area contributed by atoms with Gasteiger partial charge in [-0.05, 0) is 37.2 Å². The predicted octanol–water partition coefficient (Wildman–Crippen LogP) is 2.18. The molecule has 0 spiro atoms. The maximum Gasteiger partial charge on any atom is 0.195 e. The molecule has 0 aliphatic carbocycles. The van der Waals surface area contributed by atoms with E-state index in [0.29, 0.717) is 4.77 Å². The summed E-state index contributed by atoms with van der Waals surface area (Å²) in [5.74, 6) is 0.774. The molecule has 1 atom stereocenters. The van der Waals surface area contributed by atoms with Gasteiger partial charge in [0.25, 0.3) is 0 Å². The van der Waals surface area contributed by atoms with Crippen molar-refractivity contribution >= 4 is 12.2 Å². The summed E-state index contributed by atoms with van der Waals surface area (Å²) in [6.07, 6.45) is 4.18. The van der Waals surface area contributed by atoms with Gasteiger partial charge in [-0.15, -0.1) is 0 Å². The monoisotopic (exact) mass is 262 g/mol. The number of hydrogen-bond acceptors (Lipinski definition) is 4. The number of H-pyrrole nitrogens is 1. The van der Waals surface area contributed by atoms with Gasteiger partial charge in [0.05, 0.1) is 12.6 Å². The van der Waals surface area contributed by atoms with Crippen molar-refractivity contribution in [3.63, 3.8) is 0 Å². The quantitative estimate of drug-likeness (QED) is 0.861. The summed E-state index contributed by atoms with van der Waals surface area (Å²) in [5.41, 5.74) is 0.822. The lowest BCUT2D eigenvalue weighted by molar-refractivity contribution is 0.0969. The van der Waals surface area contributed by atoms with Crippen molar-refractivity contribution in [2.24, 2.45) is 0 Å². The summed E-state index contributed by atoms with van der Waals surface area (Å²) < 4.78 is 8.23. The predicted molar refractivity (Wildman–Crippen MR) is 69.6 cm³/mol. The molecular formula is C12H14N4OS. The van der Waals surface area contributed by atoms with Crippen molar-refractivity contribution in [3.05, 3.63) is 29.2 Å². The Balaban J connectivity index is 1.93. The summed E-state index contributed by atoms with van der Waals surface area (Å²) in [4.78, 5) is 4.31. The molecule has 1 unspecified atom stereocenters. The minimum absolute atomic E-state index is 0.233. The summed E-state index contributed by atoms with van der Waals surface area (Å²) in [6.45, 7) is 1.58. The molecule has 5 nitrogen and oxygen atoms in total. The standard InChI is InChI=1S/C12H14N4OS/c18-12-15-14-11(10-5-1-2-6-13-10)16(12)8-9-4-3-7-17-9/h1-2,5-6,9H,3-4,7-8H2,(H,15,18). The molecule has 3 heterocycles. The van der Waals surface area contributed by atoms with E-state index in [2.05, 4.69) is 15.2 Å². The van der Waals surface area contributed by atoms with E-state index < -0.39 is 0 Å². The second-order valence-corrected chi connectivity index (χ2v) is 4.70. The molecule has 1 N–H and O–H groups in total. The summed E-state index contributed by atoms with van der Waals surface area (Å²) in [7, 11) is 0.